The van der Waals surface area contributed by atoms with E-state index in [1.54, 1.807) is 20.8 Å². The fraction of sp³-hybridized carbons (Fsp3) is 0.368. The third-order valence-corrected chi connectivity index (χ3v) is 3.82. The first-order valence-corrected chi connectivity index (χ1v) is 7.81. The number of carbonyl (C=O) groups is 2. The van der Waals surface area contributed by atoms with Gasteiger partial charge in [-0.25, -0.2) is 9.59 Å². The van der Waals surface area contributed by atoms with Crippen molar-refractivity contribution < 1.29 is 19.4 Å². The summed E-state index contributed by atoms with van der Waals surface area (Å²) in [6.45, 7) is 5.13. The zero-order chi connectivity index (χ0) is 18.0. The van der Waals surface area contributed by atoms with Gasteiger partial charge in [0, 0.05) is 6.42 Å². The Morgan fingerprint density at radius 1 is 1.08 bits per heavy atom. The lowest BCUT2D eigenvalue weighted by Crippen LogP contribution is -2.60. The first-order valence-electron chi connectivity index (χ1n) is 7.81. The Balaban J connectivity index is 2.40. The lowest BCUT2D eigenvalue weighted by Gasteiger charge is -2.31. The molecule has 2 aromatic rings. The smallest absolute Gasteiger partial charge is 0.338 e. The van der Waals surface area contributed by atoms with Gasteiger partial charge in [-0.1, -0.05) is 42.5 Å². The van der Waals surface area contributed by atoms with Gasteiger partial charge in [-0.05, 0) is 44.2 Å². The number of aliphatic carboxylic acids is 1. The molecule has 0 heterocycles. The average molecular weight is 329 g/mol. The summed E-state index contributed by atoms with van der Waals surface area (Å²) in [6.07, 6.45) is -0.00141. The molecule has 0 bridgehead atoms. The SMILES string of the molecule is CN[C@](Cc1ccc2ccccc2c1)(C(=O)O)C(=O)OC(C)(C)C. The Hall–Kier alpha value is -2.40. The molecule has 2 aromatic carbocycles. The minimum Gasteiger partial charge on any atom is -0.479 e. The molecule has 0 fully saturated rings. The molecule has 0 unspecified atom stereocenters. The van der Waals surface area contributed by atoms with E-state index in [0.29, 0.717) is 0 Å². The van der Waals surface area contributed by atoms with E-state index in [0.717, 1.165) is 16.3 Å². The van der Waals surface area contributed by atoms with Crippen molar-refractivity contribution in [3.05, 3.63) is 48.0 Å². The molecule has 0 saturated heterocycles. The van der Waals surface area contributed by atoms with Crippen LogP contribution in [0.5, 0.6) is 0 Å². The first-order chi connectivity index (χ1) is 11.2. The Labute approximate surface area is 141 Å². The topological polar surface area (TPSA) is 75.6 Å². The maximum Gasteiger partial charge on any atom is 0.338 e. The fourth-order valence-electron chi connectivity index (χ4n) is 2.55. The predicted molar refractivity (Wildman–Crippen MR) is 92.9 cm³/mol. The van der Waals surface area contributed by atoms with Crippen molar-refractivity contribution in [3.8, 4) is 0 Å². The largest absolute Gasteiger partial charge is 0.479 e. The van der Waals surface area contributed by atoms with Gasteiger partial charge in [-0.3, -0.25) is 5.32 Å². The van der Waals surface area contributed by atoms with E-state index < -0.39 is 23.1 Å². The normalized spacial score (nSPS) is 14.2. The van der Waals surface area contributed by atoms with E-state index in [9.17, 15) is 14.7 Å². The fourth-order valence-corrected chi connectivity index (χ4v) is 2.55. The number of fused-ring (bicyclic) bond motifs is 1. The zero-order valence-electron chi connectivity index (χ0n) is 14.4. The number of esters is 1. The van der Waals surface area contributed by atoms with Crippen LogP contribution in [0.4, 0.5) is 0 Å². The van der Waals surface area contributed by atoms with Crippen molar-refractivity contribution in [2.45, 2.75) is 38.3 Å². The number of ether oxygens (including phenoxy) is 1. The van der Waals surface area contributed by atoms with E-state index in [4.69, 9.17) is 4.74 Å². The van der Waals surface area contributed by atoms with Gasteiger partial charge in [-0.15, -0.1) is 0 Å². The molecular formula is C19H23NO4. The number of hydrogen-bond acceptors (Lipinski definition) is 4. The van der Waals surface area contributed by atoms with E-state index in [1.165, 1.54) is 7.05 Å². The van der Waals surface area contributed by atoms with Crippen LogP contribution in [-0.4, -0.2) is 35.2 Å². The Morgan fingerprint density at radius 3 is 2.25 bits per heavy atom. The van der Waals surface area contributed by atoms with Crippen LogP contribution in [0.15, 0.2) is 42.5 Å². The summed E-state index contributed by atoms with van der Waals surface area (Å²) in [4.78, 5) is 24.4. The van der Waals surface area contributed by atoms with Crippen molar-refractivity contribution in [2.75, 3.05) is 7.05 Å². The van der Waals surface area contributed by atoms with Crippen molar-refractivity contribution in [1.29, 1.82) is 0 Å². The minimum absolute atomic E-state index is 0.00141. The van der Waals surface area contributed by atoms with Gasteiger partial charge >= 0.3 is 11.9 Å². The number of carboxylic acid groups (broad SMARTS) is 1. The van der Waals surface area contributed by atoms with Crippen LogP contribution >= 0.6 is 0 Å². The summed E-state index contributed by atoms with van der Waals surface area (Å²) in [5, 5.41) is 14.4. The Bertz CT molecular complexity index is 763. The van der Waals surface area contributed by atoms with Crippen LogP contribution in [-0.2, 0) is 20.7 Å². The molecule has 2 rings (SSSR count). The van der Waals surface area contributed by atoms with Crippen LogP contribution in [0.25, 0.3) is 10.8 Å². The molecule has 1 atom stereocenters. The maximum absolute atomic E-state index is 12.6. The quantitative estimate of drug-likeness (QED) is 0.652. The molecule has 2 N–H and O–H groups in total. The van der Waals surface area contributed by atoms with E-state index in [2.05, 4.69) is 5.32 Å². The molecule has 0 amide bonds. The van der Waals surface area contributed by atoms with Gasteiger partial charge in [0.1, 0.15) is 5.60 Å². The number of hydrogen-bond donors (Lipinski definition) is 2. The van der Waals surface area contributed by atoms with Gasteiger partial charge in [-0.2, -0.15) is 0 Å². The van der Waals surface area contributed by atoms with Crippen LogP contribution in [0.1, 0.15) is 26.3 Å². The van der Waals surface area contributed by atoms with Gasteiger partial charge in [0.25, 0.3) is 0 Å². The molecule has 0 spiro atoms. The van der Waals surface area contributed by atoms with E-state index in [-0.39, 0.29) is 6.42 Å². The third-order valence-electron chi connectivity index (χ3n) is 3.82. The maximum atomic E-state index is 12.6. The van der Waals surface area contributed by atoms with Gasteiger partial charge < -0.3 is 9.84 Å². The van der Waals surface area contributed by atoms with Crippen molar-refractivity contribution in [3.63, 3.8) is 0 Å². The summed E-state index contributed by atoms with van der Waals surface area (Å²) < 4.78 is 5.33. The van der Waals surface area contributed by atoms with Crippen molar-refractivity contribution >= 4 is 22.7 Å². The van der Waals surface area contributed by atoms with Crippen LogP contribution < -0.4 is 5.32 Å². The zero-order valence-corrected chi connectivity index (χ0v) is 14.4. The minimum atomic E-state index is -1.82. The van der Waals surface area contributed by atoms with E-state index >= 15 is 0 Å². The van der Waals surface area contributed by atoms with E-state index in [1.807, 2.05) is 42.5 Å². The molecule has 0 aliphatic heterocycles. The number of nitrogens with one attached hydrogen (secondary N) is 1. The molecule has 128 valence electrons. The Kier molecular flexibility index (Phi) is 4.94. The summed E-state index contributed by atoms with van der Waals surface area (Å²) in [5.41, 5.74) is -1.84. The lowest BCUT2D eigenvalue weighted by molar-refractivity contribution is -0.170. The highest BCUT2D eigenvalue weighted by Crippen LogP contribution is 2.23. The average Bonchev–Trinajstić information content (AvgIpc) is 2.50. The molecule has 0 radical (unpaired) electrons. The monoisotopic (exact) mass is 329 g/mol. The van der Waals surface area contributed by atoms with Crippen LogP contribution in [0, 0.1) is 0 Å². The molecule has 24 heavy (non-hydrogen) atoms. The number of likely N-dealkylation sites (N-methyl/N-ethyl adjacent to an activating group) is 1. The number of rotatable bonds is 5. The molecule has 0 aliphatic carbocycles. The van der Waals surface area contributed by atoms with Crippen LogP contribution in [0.3, 0.4) is 0 Å². The second-order valence-corrected chi connectivity index (χ2v) is 6.82. The predicted octanol–water partition coefficient (Wildman–Crippen LogP) is 2.77. The van der Waals surface area contributed by atoms with Gasteiger partial charge in [0.2, 0.25) is 5.54 Å². The highest BCUT2D eigenvalue weighted by atomic mass is 16.6. The third kappa shape index (κ3) is 3.74. The van der Waals surface area contributed by atoms with Gasteiger partial charge in [0.15, 0.2) is 0 Å². The molecule has 5 heteroatoms. The second-order valence-electron chi connectivity index (χ2n) is 6.82. The lowest BCUT2D eigenvalue weighted by atomic mass is 9.89. The molecular weight excluding hydrogens is 306 g/mol. The second kappa shape index (κ2) is 6.61. The number of carboxylic acids is 1. The highest BCUT2D eigenvalue weighted by Gasteiger charge is 2.48. The first kappa shape index (κ1) is 17.9. The summed E-state index contributed by atoms with van der Waals surface area (Å²) in [6, 6.07) is 13.4. The standard InChI is InChI=1S/C19H23NO4/c1-18(2,3)24-17(23)19(20-4,16(21)22)12-13-9-10-14-7-5-6-8-15(14)11-13/h5-11,20H,12H2,1-4H3,(H,21,22)/t19-/m1/s1. The van der Waals surface area contributed by atoms with Crippen molar-refractivity contribution in [2.24, 2.45) is 0 Å². The number of benzene rings is 2. The molecule has 0 aromatic heterocycles. The Morgan fingerprint density at radius 2 is 1.71 bits per heavy atom. The van der Waals surface area contributed by atoms with Gasteiger partial charge in [0.05, 0.1) is 0 Å². The molecule has 5 nitrogen and oxygen atoms in total. The summed E-state index contributed by atoms with van der Waals surface area (Å²) >= 11 is 0. The molecule has 0 saturated carbocycles. The summed E-state index contributed by atoms with van der Waals surface area (Å²) in [5.74, 6) is -2.05. The van der Waals surface area contributed by atoms with Crippen molar-refractivity contribution in [1.82, 2.24) is 5.32 Å². The highest BCUT2D eigenvalue weighted by molar-refractivity contribution is 6.04. The van der Waals surface area contributed by atoms with Crippen LogP contribution in [0.2, 0.25) is 0 Å². The summed E-state index contributed by atoms with van der Waals surface area (Å²) in [7, 11) is 1.46. The number of carbonyl (C=O) groups excluding carboxylic acids is 1. The molecule has 0 aliphatic rings.